The Balaban J connectivity index is 1.86. The van der Waals surface area contributed by atoms with Crippen LogP contribution in [0.5, 0.6) is 0 Å². The van der Waals surface area contributed by atoms with Gasteiger partial charge in [0.15, 0.2) is 10.3 Å². The van der Waals surface area contributed by atoms with E-state index in [0.29, 0.717) is 15.0 Å². The number of pyridine rings is 1. The minimum absolute atomic E-state index is 0.185. The fourth-order valence-corrected chi connectivity index (χ4v) is 3.48. The molecule has 0 radical (unpaired) electrons. The van der Waals surface area contributed by atoms with Crippen molar-refractivity contribution < 1.29 is 4.79 Å². The zero-order valence-electron chi connectivity index (χ0n) is 10.8. The first-order valence-corrected chi connectivity index (χ1v) is 8.01. The molecule has 0 fully saturated rings. The van der Waals surface area contributed by atoms with Crippen LogP contribution in [0.3, 0.4) is 0 Å². The monoisotopic (exact) mass is 336 g/mol. The Morgan fingerprint density at radius 1 is 1.38 bits per heavy atom. The van der Waals surface area contributed by atoms with Crippen LogP contribution in [0.2, 0.25) is 5.15 Å². The SMILES string of the molecule is Cc1csc(NC(=O)c2sc(-c3cccnc3)nc2Cl)n1. The number of thiazole rings is 2. The van der Waals surface area contributed by atoms with Crippen molar-refractivity contribution in [2.75, 3.05) is 5.32 Å². The van der Waals surface area contributed by atoms with Gasteiger partial charge in [0.05, 0.1) is 5.69 Å². The van der Waals surface area contributed by atoms with Crippen molar-refractivity contribution >= 4 is 45.3 Å². The summed E-state index contributed by atoms with van der Waals surface area (Å²) in [7, 11) is 0. The van der Waals surface area contributed by atoms with Gasteiger partial charge in [0.25, 0.3) is 5.91 Å². The molecule has 1 amide bonds. The van der Waals surface area contributed by atoms with Gasteiger partial charge in [-0.25, -0.2) is 9.97 Å². The van der Waals surface area contributed by atoms with Crippen LogP contribution >= 0.6 is 34.3 Å². The van der Waals surface area contributed by atoms with E-state index in [-0.39, 0.29) is 11.1 Å². The molecule has 0 aliphatic heterocycles. The highest BCUT2D eigenvalue weighted by molar-refractivity contribution is 7.18. The zero-order chi connectivity index (χ0) is 14.8. The first-order chi connectivity index (χ1) is 10.1. The maximum Gasteiger partial charge on any atom is 0.270 e. The number of aromatic nitrogens is 3. The van der Waals surface area contributed by atoms with Gasteiger partial charge in [0.1, 0.15) is 9.88 Å². The lowest BCUT2D eigenvalue weighted by atomic mass is 10.3. The van der Waals surface area contributed by atoms with Gasteiger partial charge < -0.3 is 0 Å². The molecule has 3 aromatic rings. The third kappa shape index (κ3) is 3.10. The van der Waals surface area contributed by atoms with Crippen LogP contribution in [0.25, 0.3) is 10.6 Å². The summed E-state index contributed by atoms with van der Waals surface area (Å²) in [5.74, 6) is -0.304. The highest BCUT2D eigenvalue weighted by Gasteiger charge is 2.18. The number of aryl methyl sites for hydroxylation is 1. The van der Waals surface area contributed by atoms with E-state index >= 15 is 0 Å². The highest BCUT2D eigenvalue weighted by atomic mass is 35.5. The lowest BCUT2D eigenvalue weighted by Crippen LogP contribution is -2.10. The Morgan fingerprint density at radius 3 is 2.90 bits per heavy atom. The number of rotatable bonds is 3. The quantitative estimate of drug-likeness (QED) is 0.788. The maximum absolute atomic E-state index is 12.2. The van der Waals surface area contributed by atoms with Crippen LogP contribution in [0.15, 0.2) is 29.9 Å². The summed E-state index contributed by atoms with van der Waals surface area (Å²) in [5.41, 5.74) is 1.69. The van der Waals surface area contributed by atoms with E-state index in [1.165, 1.54) is 22.7 Å². The summed E-state index contributed by atoms with van der Waals surface area (Å²) in [6, 6.07) is 3.68. The van der Waals surface area contributed by atoms with Crippen molar-refractivity contribution in [3.63, 3.8) is 0 Å². The predicted octanol–water partition coefficient (Wildman–Crippen LogP) is 3.88. The van der Waals surface area contributed by atoms with E-state index < -0.39 is 0 Å². The number of amides is 1. The lowest BCUT2D eigenvalue weighted by molar-refractivity contribution is 0.103. The number of hydrogen-bond acceptors (Lipinski definition) is 6. The number of nitrogens with one attached hydrogen (secondary N) is 1. The van der Waals surface area contributed by atoms with E-state index in [0.717, 1.165) is 11.3 Å². The fourth-order valence-electron chi connectivity index (χ4n) is 1.62. The summed E-state index contributed by atoms with van der Waals surface area (Å²) in [5, 5.41) is 5.98. The second-order valence-corrected chi connectivity index (χ2v) is 6.34. The summed E-state index contributed by atoms with van der Waals surface area (Å²) < 4.78 is 0. The number of carbonyl (C=O) groups excluding carboxylic acids is 1. The van der Waals surface area contributed by atoms with Gasteiger partial charge in [-0.3, -0.25) is 15.1 Å². The summed E-state index contributed by atoms with van der Waals surface area (Å²) in [6.07, 6.45) is 3.36. The Bertz CT molecular complexity index is 785. The number of anilines is 1. The Morgan fingerprint density at radius 2 is 2.24 bits per heavy atom. The molecule has 0 aromatic carbocycles. The van der Waals surface area contributed by atoms with Crippen molar-refractivity contribution in [2.24, 2.45) is 0 Å². The standard InChI is InChI=1S/C13H9ClN4OS2/c1-7-6-20-13(16-7)18-11(19)9-10(14)17-12(21-9)8-3-2-4-15-5-8/h2-6H,1H3,(H,16,18,19). The first-order valence-electron chi connectivity index (χ1n) is 5.93. The molecule has 0 spiro atoms. The highest BCUT2D eigenvalue weighted by Crippen LogP contribution is 2.31. The third-order valence-corrected chi connectivity index (χ3v) is 4.90. The molecule has 3 rings (SSSR count). The van der Waals surface area contributed by atoms with Crippen molar-refractivity contribution in [3.8, 4) is 10.6 Å². The molecule has 0 saturated carbocycles. The molecular formula is C13H9ClN4OS2. The van der Waals surface area contributed by atoms with Gasteiger partial charge in [0, 0.05) is 23.3 Å². The Hall–Kier alpha value is -1.83. The van der Waals surface area contributed by atoms with E-state index in [9.17, 15) is 4.79 Å². The lowest BCUT2D eigenvalue weighted by Gasteiger charge is -1.98. The van der Waals surface area contributed by atoms with Crippen LogP contribution in [0.4, 0.5) is 5.13 Å². The minimum Gasteiger partial charge on any atom is -0.297 e. The summed E-state index contributed by atoms with van der Waals surface area (Å²) in [4.78, 5) is 25.0. The van der Waals surface area contributed by atoms with Gasteiger partial charge in [-0.2, -0.15) is 0 Å². The van der Waals surface area contributed by atoms with E-state index in [4.69, 9.17) is 11.6 Å². The Labute approximate surface area is 133 Å². The van der Waals surface area contributed by atoms with Crippen molar-refractivity contribution in [2.45, 2.75) is 6.92 Å². The number of hydrogen-bond donors (Lipinski definition) is 1. The smallest absolute Gasteiger partial charge is 0.270 e. The van der Waals surface area contributed by atoms with Crippen LogP contribution in [0.1, 0.15) is 15.4 Å². The van der Waals surface area contributed by atoms with Gasteiger partial charge in [-0.1, -0.05) is 11.6 Å². The number of halogens is 1. The largest absolute Gasteiger partial charge is 0.297 e. The van der Waals surface area contributed by atoms with Crippen LogP contribution in [0, 0.1) is 6.92 Å². The summed E-state index contributed by atoms with van der Waals surface area (Å²) >= 11 is 8.66. The molecule has 0 saturated heterocycles. The molecule has 3 aromatic heterocycles. The molecule has 8 heteroatoms. The summed E-state index contributed by atoms with van der Waals surface area (Å²) in [6.45, 7) is 1.87. The van der Waals surface area contributed by atoms with Gasteiger partial charge >= 0.3 is 0 Å². The van der Waals surface area contributed by atoms with Gasteiger partial charge in [0.2, 0.25) is 0 Å². The van der Waals surface area contributed by atoms with Crippen LogP contribution in [-0.2, 0) is 0 Å². The van der Waals surface area contributed by atoms with Crippen LogP contribution < -0.4 is 5.32 Å². The molecule has 0 bridgehead atoms. The normalized spacial score (nSPS) is 10.6. The molecule has 0 aliphatic rings. The van der Waals surface area contributed by atoms with E-state index in [1.54, 1.807) is 12.4 Å². The maximum atomic E-state index is 12.2. The predicted molar refractivity (Wildman–Crippen MR) is 85.2 cm³/mol. The molecule has 3 heterocycles. The average molecular weight is 337 g/mol. The van der Waals surface area contributed by atoms with Crippen molar-refractivity contribution in [3.05, 3.63) is 45.6 Å². The zero-order valence-corrected chi connectivity index (χ0v) is 13.2. The third-order valence-electron chi connectivity index (χ3n) is 2.54. The second-order valence-electron chi connectivity index (χ2n) is 4.13. The Kier molecular flexibility index (Phi) is 3.96. The minimum atomic E-state index is -0.304. The van der Waals surface area contributed by atoms with Crippen LogP contribution in [-0.4, -0.2) is 20.9 Å². The molecule has 0 atom stereocenters. The van der Waals surface area contributed by atoms with Gasteiger partial charge in [-0.15, -0.1) is 22.7 Å². The second kappa shape index (κ2) is 5.88. The molecule has 0 aliphatic carbocycles. The van der Waals surface area contributed by atoms with E-state index in [2.05, 4.69) is 20.3 Å². The fraction of sp³-hybridized carbons (Fsp3) is 0.0769. The molecule has 21 heavy (non-hydrogen) atoms. The topological polar surface area (TPSA) is 67.8 Å². The molecule has 0 unspecified atom stereocenters. The molecule has 5 nitrogen and oxygen atoms in total. The number of nitrogens with zero attached hydrogens (tertiary/aromatic N) is 3. The average Bonchev–Trinajstić information content (AvgIpc) is 3.06. The molecule has 1 N–H and O–H groups in total. The molecule has 106 valence electrons. The van der Waals surface area contributed by atoms with Crippen molar-refractivity contribution in [1.29, 1.82) is 0 Å². The number of carbonyl (C=O) groups is 1. The van der Waals surface area contributed by atoms with Crippen molar-refractivity contribution in [1.82, 2.24) is 15.0 Å². The first kappa shape index (κ1) is 14.1. The molecular weight excluding hydrogens is 328 g/mol. The van der Waals surface area contributed by atoms with Gasteiger partial charge in [-0.05, 0) is 19.1 Å². The van der Waals surface area contributed by atoms with E-state index in [1.807, 2.05) is 24.4 Å².